The van der Waals surface area contributed by atoms with Gasteiger partial charge in [0.2, 0.25) is 0 Å². The van der Waals surface area contributed by atoms with Crippen LogP contribution in [0.3, 0.4) is 0 Å². The fourth-order valence-electron chi connectivity index (χ4n) is 3.77. The number of carbonyl (C=O) groups excluding carboxylic acids is 2. The molecule has 4 rings (SSSR count). The van der Waals surface area contributed by atoms with Gasteiger partial charge in [0, 0.05) is 44.0 Å². The zero-order chi connectivity index (χ0) is 32.6. The van der Waals surface area contributed by atoms with E-state index in [0.717, 1.165) is 27.0 Å². The van der Waals surface area contributed by atoms with Crippen LogP contribution in [-0.2, 0) is 9.47 Å². The summed E-state index contributed by atoms with van der Waals surface area (Å²) in [5.74, 6) is -0.557. The zero-order valence-electron chi connectivity index (χ0n) is 26.0. The Morgan fingerprint density at radius 1 is 0.667 bits per heavy atom. The van der Waals surface area contributed by atoms with Gasteiger partial charge in [-0.1, -0.05) is 65.8 Å². The molecular formula is C35H44BBrN2O6. The van der Waals surface area contributed by atoms with E-state index in [1.54, 1.807) is 43.3 Å². The molecule has 0 fully saturated rings. The highest BCUT2D eigenvalue weighted by molar-refractivity contribution is 9.10. The highest BCUT2D eigenvalue weighted by Gasteiger charge is 2.10. The van der Waals surface area contributed by atoms with Crippen LogP contribution in [0.25, 0.3) is 11.1 Å². The maximum atomic E-state index is 11.7. The van der Waals surface area contributed by atoms with Gasteiger partial charge in [-0.05, 0) is 85.0 Å². The fraction of sp³-hybridized carbons (Fsp3) is 0.257. The van der Waals surface area contributed by atoms with E-state index in [9.17, 15) is 9.59 Å². The summed E-state index contributed by atoms with van der Waals surface area (Å²) >= 11 is 3.27. The Morgan fingerprint density at radius 2 is 1.11 bits per heavy atom. The lowest BCUT2D eigenvalue weighted by atomic mass is 9.80. The summed E-state index contributed by atoms with van der Waals surface area (Å²) in [4.78, 5) is 26.9. The number of benzene rings is 4. The number of ether oxygens (including phenoxy) is 2. The second-order valence-corrected chi connectivity index (χ2v) is 10.7. The number of esters is 2. The maximum Gasteiger partial charge on any atom is 0.488 e. The van der Waals surface area contributed by atoms with E-state index in [4.69, 9.17) is 19.5 Å². The van der Waals surface area contributed by atoms with Gasteiger partial charge in [-0.15, -0.1) is 0 Å². The van der Waals surface area contributed by atoms with Crippen molar-refractivity contribution in [1.29, 1.82) is 0 Å². The Hall–Kier alpha value is -4.12. The smallest absolute Gasteiger partial charge is 0.462 e. The van der Waals surface area contributed by atoms with Gasteiger partial charge in [-0.25, -0.2) is 9.59 Å². The molecule has 0 spiro atoms. The first-order valence-corrected chi connectivity index (χ1v) is 14.9. The molecule has 0 atom stereocenters. The average molecular weight is 679 g/mol. The molecule has 0 aliphatic rings. The number of hydrogen-bond acceptors (Lipinski definition) is 8. The summed E-state index contributed by atoms with van der Waals surface area (Å²) in [6, 6.07) is 29.9. The van der Waals surface area contributed by atoms with Crippen molar-refractivity contribution in [2.24, 2.45) is 0 Å². The lowest BCUT2D eigenvalue weighted by Gasteiger charge is -2.13. The van der Waals surface area contributed by atoms with E-state index in [1.165, 1.54) is 0 Å². The normalized spacial score (nSPS) is 9.62. The van der Waals surface area contributed by atoms with Crippen molar-refractivity contribution in [3.8, 4) is 11.1 Å². The van der Waals surface area contributed by atoms with E-state index in [2.05, 4.69) is 45.1 Å². The predicted molar refractivity (Wildman–Crippen MR) is 190 cm³/mol. The Kier molecular flexibility index (Phi) is 17.3. The number of carbonyl (C=O) groups is 2. The molecular weight excluding hydrogens is 635 g/mol. The van der Waals surface area contributed by atoms with Crippen molar-refractivity contribution in [3.63, 3.8) is 0 Å². The van der Waals surface area contributed by atoms with Crippen molar-refractivity contribution >= 4 is 51.8 Å². The van der Waals surface area contributed by atoms with Crippen LogP contribution < -0.4 is 15.3 Å². The molecule has 0 heterocycles. The van der Waals surface area contributed by atoms with Gasteiger partial charge < -0.3 is 29.3 Å². The quantitative estimate of drug-likeness (QED) is 0.166. The largest absolute Gasteiger partial charge is 0.488 e. The third kappa shape index (κ3) is 13.2. The van der Waals surface area contributed by atoms with E-state index >= 15 is 0 Å². The van der Waals surface area contributed by atoms with Crippen LogP contribution in [0.4, 0.5) is 11.4 Å². The Bertz CT molecular complexity index is 1430. The van der Waals surface area contributed by atoms with Crippen LogP contribution in [0.15, 0.2) is 102 Å². The third-order valence-corrected chi connectivity index (χ3v) is 6.63. The van der Waals surface area contributed by atoms with Crippen LogP contribution in [0.1, 0.15) is 42.0 Å². The lowest BCUT2D eigenvalue weighted by molar-refractivity contribution is 0.0516. The molecule has 0 saturated carbocycles. The summed E-state index contributed by atoms with van der Waals surface area (Å²) in [6.45, 7) is 4.39. The van der Waals surface area contributed by atoms with E-state index in [0.29, 0.717) is 29.8 Å². The SMILES string of the molecule is C.CCOC(=O)c1cccc(-c2ccc(N(C)C)cc2)c1.CCOC(=O)c1cccc(Br)c1.CN(C)c1ccc(B(O)O)cc1. The number of halogens is 1. The first-order chi connectivity index (χ1) is 21.0. The van der Waals surface area contributed by atoms with Crippen LogP contribution in [0.5, 0.6) is 0 Å². The Morgan fingerprint density at radius 3 is 1.53 bits per heavy atom. The van der Waals surface area contributed by atoms with E-state index in [1.807, 2.05) is 76.4 Å². The van der Waals surface area contributed by atoms with Gasteiger partial charge in [0.25, 0.3) is 0 Å². The molecule has 4 aromatic carbocycles. The molecule has 0 radical (unpaired) electrons. The molecule has 0 unspecified atom stereocenters. The maximum absolute atomic E-state index is 11.7. The van der Waals surface area contributed by atoms with Crippen LogP contribution in [0, 0.1) is 0 Å². The van der Waals surface area contributed by atoms with Crippen molar-refractivity contribution in [1.82, 2.24) is 0 Å². The minimum atomic E-state index is -1.37. The summed E-state index contributed by atoms with van der Waals surface area (Å²) in [6.07, 6.45) is 0. The number of nitrogens with zero attached hydrogens (tertiary/aromatic N) is 2. The topological polar surface area (TPSA) is 99.5 Å². The molecule has 2 N–H and O–H groups in total. The average Bonchev–Trinajstić information content (AvgIpc) is 3.02. The fourth-order valence-corrected chi connectivity index (χ4v) is 4.17. The summed E-state index contributed by atoms with van der Waals surface area (Å²) < 4.78 is 10.7. The molecule has 0 aromatic heterocycles. The van der Waals surface area contributed by atoms with Gasteiger partial charge in [-0.2, -0.15) is 0 Å². The molecule has 0 aliphatic carbocycles. The Balaban J connectivity index is 0.000000353. The predicted octanol–water partition coefficient (Wildman–Crippen LogP) is 6.29. The first-order valence-electron chi connectivity index (χ1n) is 14.1. The second-order valence-electron chi connectivity index (χ2n) is 9.83. The summed E-state index contributed by atoms with van der Waals surface area (Å²) in [7, 11) is 6.52. The van der Waals surface area contributed by atoms with Crippen LogP contribution >= 0.6 is 15.9 Å². The van der Waals surface area contributed by atoms with Crippen molar-refractivity contribution in [3.05, 3.63) is 113 Å². The first kappa shape index (κ1) is 38.9. The van der Waals surface area contributed by atoms with Gasteiger partial charge in [0.1, 0.15) is 0 Å². The van der Waals surface area contributed by atoms with Crippen LogP contribution in [0.2, 0.25) is 0 Å². The summed E-state index contributed by atoms with van der Waals surface area (Å²) in [5, 5.41) is 17.6. The van der Waals surface area contributed by atoms with Crippen molar-refractivity contribution < 1.29 is 29.1 Å². The lowest BCUT2D eigenvalue weighted by Crippen LogP contribution is -2.29. The minimum Gasteiger partial charge on any atom is -0.462 e. The van der Waals surface area contributed by atoms with Crippen molar-refractivity contribution in [2.75, 3.05) is 51.2 Å². The summed E-state index contributed by atoms with van der Waals surface area (Å²) in [5.41, 5.74) is 5.96. The highest BCUT2D eigenvalue weighted by atomic mass is 79.9. The van der Waals surface area contributed by atoms with E-state index in [-0.39, 0.29) is 19.4 Å². The molecule has 4 aromatic rings. The minimum absolute atomic E-state index is 0. The van der Waals surface area contributed by atoms with Gasteiger partial charge in [-0.3, -0.25) is 0 Å². The van der Waals surface area contributed by atoms with Crippen molar-refractivity contribution in [2.45, 2.75) is 21.3 Å². The third-order valence-electron chi connectivity index (χ3n) is 6.13. The molecule has 240 valence electrons. The molecule has 10 heteroatoms. The second kappa shape index (κ2) is 20.0. The molecule has 0 aliphatic heterocycles. The van der Waals surface area contributed by atoms with Gasteiger partial charge >= 0.3 is 19.1 Å². The molecule has 0 bridgehead atoms. The standard InChI is InChI=1S/C17H19NO2.C9H9BrO2.C8H12BNO2.CH4/c1-4-20-17(19)15-7-5-6-14(12-15)13-8-10-16(11-9-13)18(2)3;1-2-12-9(11)7-4-3-5-8(10)6-7;1-10(2)8-5-3-7(4-6-8)9(11)12;/h5-12H,4H2,1-3H3;3-6H,2H2,1H3;3-6,11-12H,1-2H3;1H4. The molecule has 8 nitrogen and oxygen atoms in total. The molecule has 0 saturated heterocycles. The number of anilines is 2. The van der Waals surface area contributed by atoms with Gasteiger partial charge in [0.15, 0.2) is 0 Å². The Labute approximate surface area is 276 Å². The van der Waals surface area contributed by atoms with E-state index < -0.39 is 7.12 Å². The zero-order valence-corrected chi connectivity index (χ0v) is 27.6. The molecule has 45 heavy (non-hydrogen) atoms. The monoisotopic (exact) mass is 678 g/mol. The number of hydrogen-bond donors (Lipinski definition) is 2. The highest BCUT2D eigenvalue weighted by Crippen LogP contribution is 2.23. The number of rotatable bonds is 8. The molecule has 0 amide bonds. The van der Waals surface area contributed by atoms with Crippen LogP contribution in [-0.4, -0.2) is 70.5 Å². The van der Waals surface area contributed by atoms with Gasteiger partial charge in [0.05, 0.1) is 24.3 Å².